The number of cyclic esters (lactones) is 2. The van der Waals surface area contributed by atoms with Crippen molar-refractivity contribution in [3.63, 3.8) is 0 Å². The maximum atomic E-state index is 11.7. The molecule has 1 aromatic carbocycles. The first-order chi connectivity index (χ1) is 11.4. The fourth-order valence-corrected chi connectivity index (χ4v) is 3.53. The van der Waals surface area contributed by atoms with E-state index in [1.807, 2.05) is 13.8 Å². The van der Waals surface area contributed by atoms with E-state index < -0.39 is 16.2 Å². The van der Waals surface area contributed by atoms with Crippen LogP contribution in [0.2, 0.25) is 0 Å². The van der Waals surface area contributed by atoms with E-state index in [9.17, 15) is 13.2 Å². The Morgan fingerprint density at radius 2 is 2.04 bits per heavy atom. The third-order valence-corrected chi connectivity index (χ3v) is 5.43. The highest BCUT2D eigenvalue weighted by atomic mass is 32.2. The molecule has 130 valence electrons. The van der Waals surface area contributed by atoms with Crippen LogP contribution >= 0.6 is 0 Å². The van der Waals surface area contributed by atoms with Crippen LogP contribution in [-0.4, -0.2) is 33.3 Å². The molecular weight excluding hydrogens is 332 g/mol. The van der Waals surface area contributed by atoms with Crippen molar-refractivity contribution in [2.24, 2.45) is 10.3 Å². The summed E-state index contributed by atoms with van der Waals surface area (Å²) in [5.74, 6) is 0.342. The van der Waals surface area contributed by atoms with Crippen molar-refractivity contribution >= 4 is 22.2 Å². The van der Waals surface area contributed by atoms with E-state index in [1.54, 1.807) is 18.1 Å². The molecule has 1 saturated heterocycles. The Labute approximate surface area is 141 Å². The van der Waals surface area contributed by atoms with Crippen LogP contribution in [0.1, 0.15) is 38.2 Å². The molecule has 0 saturated carbocycles. The topological polar surface area (TPSA) is 106 Å². The molecule has 1 heterocycles. The molecule has 0 spiro atoms. The quantitative estimate of drug-likeness (QED) is 0.599. The minimum atomic E-state index is -3.85. The lowest BCUT2D eigenvalue weighted by molar-refractivity contribution is 0.0923. The molecule has 0 bridgehead atoms. The van der Waals surface area contributed by atoms with Gasteiger partial charge in [-0.05, 0) is 42.4 Å². The number of nitrogens with one attached hydrogen (secondary N) is 1. The summed E-state index contributed by atoms with van der Waals surface area (Å²) >= 11 is 0. The Morgan fingerprint density at radius 3 is 2.54 bits per heavy atom. The van der Waals surface area contributed by atoms with E-state index in [4.69, 9.17) is 14.9 Å². The number of rotatable bonds is 7. The number of carbonyl (C=O) groups excluding carboxylic acids is 1. The summed E-state index contributed by atoms with van der Waals surface area (Å²) < 4.78 is 36.5. The summed E-state index contributed by atoms with van der Waals surface area (Å²) in [4.78, 5) is 11.1. The SMILES string of the molecule is CCC(CC(C)c1ccc(S(=O)(=O)N=C=N)cc1)C1COC(=O)O1. The second kappa shape index (κ2) is 7.59. The van der Waals surface area contributed by atoms with Crippen molar-refractivity contribution in [3.8, 4) is 0 Å². The van der Waals surface area contributed by atoms with E-state index in [0.29, 0.717) is 0 Å². The fourth-order valence-electron chi connectivity index (χ4n) is 2.83. The molecule has 8 heteroatoms. The van der Waals surface area contributed by atoms with Crippen molar-refractivity contribution in [2.75, 3.05) is 6.61 Å². The Morgan fingerprint density at radius 1 is 1.38 bits per heavy atom. The summed E-state index contributed by atoms with van der Waals surface area (Å²) in [6, 6.07) is 7.97. The molecule has 1 fully saturated rings. The summed E-state index contributed by atoms with van der Waals surface area (Å²) in [5.41, 5.74) is 0.983. The van der Waals surface area contributed by atoms with Gasteiger partial charge in [-0.15, -0.1) is 0 Å². The number of hydrogen-bond acceptors (Lipinski definition) is 6. The van der Waals surface area contributed by atoms with Gasteiger partial charge in [0, 0.05) is 0 Å². The van der Waals surface area contributed by atoms with Gasteiger partial charge in [-0.2, -0.15) is 8.42 Å². The van der Waals surface area contributed by atoms with Crippen molar-refractivity contribution in [3.05, 3.63) is 29.8 Å². The fraction of sp³-hybridized carbons (Fsp3) is 0.500. The highest BCUT2D eigenvalue weighted by Gasteiger charge is 2.32. The maximum Gasteiger partial charge on any atom is 0.508 e. The lowest BCUT2D eigenvalue weighted by Crippen LogP contribution is -2.24. The molecule has 1 aromatic rings. The van der Waals surface area contributed by atoms with Crippen LogP contribution in [0, 0.1) is 11.3 Å². The van der Waals surface area contributed by atoms with E-state index in [1.165, 1.54) is 12.1 Å². The van der Waals surface area contributed by atoms with Crippen LogP contribution in [0.5, 0.6) is 0 Å². The number of hydrogen-bond donors (Lipinski definition) is 1. The molecule has 2 rings (SSSR count). The molecular formula is C16H20N2O5S. The molecule has 0 radical (unpaired) electrons. The predicted octanol–water partition coefficient (Wildman–Crippen LogP) is 3.18. The minimum absolute atomic E-state index is 0.0309. The van der Waals surface area contributed by atoms with Gasteiger partial charge in [-0.3, -0.25) is 0 Å². The first-order valence-electron chi connectivity index (χ1n) is 7.69. The first-order valence-corrected chi connectivity index (χ1v) is 9.13. The van der Waals surface area contributed by atoms with Crippen LogP contribution in [0.4, 0.5) is 4.79 Å². The summed E-state index contributed by atoms with van der Waals surface area (Å²) in [7, 11) is -3.85. The van der Waals surface area contributed by atoms with Crippen LogP contribution in [0.3, 0.4) is 0 Å². The van der Waals surface area contributed by atoms with Gasteiger partial charge in [-0.25, -0.2) is 10.2 Å². The van der Waals surface area contributed by atoms with E-state index in [-0.39, 0.29) is 29.4 Å². The molecule has 0 aliphatic carbocycles. The normalized spacial score (nSPS) is 19.8. The number of nitrogens with zero attached hydrogens (tertiary/aromatic N) is 1. The van der Waals surface area contributed by atoms with Gasteiger partial charge >= 0.3 is 6.16 Å². The van der Waals surface area contributed by atoms with Gasteiger partial charge in [0.25, 0.3) is 10.0 Å². The third-order valence-electron chi connectivity index (χ3n) is 4.23. The lowest BCUT2D eigenvalue weighted by Gasteiger charge is -2.23. The molecule has 0 aromatic heterocycles. The Kier molecular flexibility index (Phi) is 5.75. The zero-order valence-electron chi connectivity index (χ0n) is 13.6. The molecule has 1 aliphatic rings. The summed E-state index contributed by atoms with van der Waals surface area (Å²) in [6.45, 7) is 4.36. The van der Waals surface area contributed by atoms with E-state index in [2.05, 4.69) is 4.40 Å². The molecule has 7 nitrogen and oxygen atoms in total. The number of benzene rings is 1. The van der Waals surface area contributed by atoms with Gasteiger partial charge in [0.15, 0.2) is 0 Å². The minimum Gasteiger partial charge on any atom is -0.430 e. The van der Waals surface area contributed by atoms with E-state index in [0.717, 1.165) is 18.4 Å². The van der Waals surface area contributed by atoms with Crippen molar-refractivity contribution in [1.82, 2.24) is 0 Å². The third kappa shape index (κ3) is 4.21. The highest BCUT2D eigenvalue weighted by Crippen LogP contribution is 2.30. The average molecular weight is 352 g/mol. The van der Waals surface area contributed by atoms with Crippen LogP contribution in [0.15, 0.2) is 33.6 Å². The summed E-state index contributed by atoms with van der Waals surface area (Å²) in [5, 5.41) is 6.67. The first kappa shape index (κ1) is 18.2. The Hall–Kier alpha value is -2.18. The van der Waals surface area contributed by atoms with Gasteiger partial charge in [-0.1, -0.05) is 30.4 Å². The van der Waals surface area contributed by atoms with Gasteiger partial charge < -0.3 is 9.47 Å². The van der Waals surface area contributed by atoms with Gasteiger partial charge in [0.1, 0.15) is 18.7 Å². The van der Waals surface area contributed by atoms with Crippen LogP contribution in [0.25, 0.3) is 0 Å². The Bertz CT molecular complexity index is 738. The standard InChI is InChI=1S/C16H20N2O5S/c1-3-12(15-9-22-16(19)23-15)8-11(2)13-4-6-14(7-5-13)24(20,21)18-10-17/h4-7,11-12,15,17H,3,8-9H2,1-2H3. The second-order valence-electron chi connectivity index (χ2n) is 5.77. The second-order valence-corrected chi connectivity index (χ2v) is 7.37. The lowest BCUT2D eigenvalue weighted by atomic mass is 9.86. The molecule has 0 amide bonds. The zero-order chi connectivity index (χ0) is 17.7. The zero-order valence-corrected chi connectivity index (χ0v) is 14.4. The van der Waals surface area contributed by atoms with Crippen LogP contribution < -0.4 is 0 Å². The van der Waals surface area contributed by atoms with Crippen molar-refractivity contribution in [2.45, 2.75) is 43.6 Å². The monoisotopic (exact) mass is 352 g/mol. The molecule has 1 N–H and O–H groups in total. The van der Waals surface area contributed by atoms with E-state index >= 15 is 0 Å². The smallest absolute Gasteiger partial charge is 0.430 e. The average Bonchev–Trinajstić information content (AvgIpc) is 2.98. The Balaban J connectivity index is 2.08. The molecule has 1 aliphatic heterocycles. The van der Waals surface area contributed by atoms with Crippen molar-refractivity contribution < 1.29 is 22.7 Å². The van der Waals surface area contributed by atoms with Gasteiger partial charge in [0.2, 0.25) is 0 Å². The molecule has 3 unspecified atom stereocenters. The molecule has 3 atom stereocenters. The number of carbonyl (C=O) groups is 1. The number of ether oxygens (including phenoxy) is 2. The van der Waals surface area contributed by atoms with Crippen molar-refractivity contribution in [1.29, 1.82) is 5.41 Å². The van der Waals surface area contributed by atoms with Crippen LogP contribution in [-0.2, 0) is 19.5 Å². The highest BCUT2D eigenvalue weighted by molar-refractivity contribution is 7.90. The molecule has 24 heavy (non-hydrogen) atoms. The van der Waals surface area contributed by atoms with Gasteiger partial charge in [0.05, 0.1) is 4.90 Å². The summed E-state index contributed by atoms with van der Waals surface area (Å²) in [6.07, 6.45) is 0.799. The largest absolute Gasteiger partial charge is 0.508 e. The maximum absolute atomic E-state index is 11.7. The number of sulfonamides is 1. The predicted molar refractivity (Wildman–Crippen MR) is 86.8 cm³/mol.